The zero-order valence-corrected chi connectivity index (χ0v) is 6.05. The van der Waals surface area contributed by atoms with E-state index in [-0.39, 0.29) is 0 Å². The van der Waals surface area contributed by atoms with Crippen LogP contribution >= 0.6 is 0 Å². The van der Waals surface area contributed by atoms with Gasteiger partial charge in [-0.25, -0.2) is 0 Å². The van der Waals surface area contributed by atoms with E-state index in [4.69, 9.17) is 10.5 Å². The highest BCUT2D eigenvalue weighted by atomic mass is 16.5. The van der Waals surface area contributed by atoms with E-state index < -0.39 is 0 Å². The van der Waals surface area contributed by atoms with Gasteiger partial charge in [-0.05, 0) is 12.8 Å². The van der Waals surface area contributed by atoms with Gasteiger partial charge in [0.15, 0.2) is 0 Å². The summed E-state index contributed by atoms with van der Waals surface area (Å²) in [6.45, 7) is 1.74. The summed E-state index contributed by atoms with van der Waals surface area (Å²) < 4.78 is 5.18. The minimum absolute atomic E-state index is 0.563. The van der Waals surface area contributed by atoms with Crippen LogP contribution in [0.1, 0.15) is 12.8 Å². The Balaban J connectivity index is 2.13. The third-order valence-electron chi connectivity index (χ3n) is 1.65. The van der Waals surface area contributed by atoms with E-state index >= 15 is 0 Å². The summed E-state index contributed by atoms with van der Waals surface area (Å²) in [6, 6.07) is 0.563. The normalized spacial score (nSPS) is 21.6. The van der Waals surface area contributed by atoms with E-state index in [0.717, 1.165) is 26.1 Å². The van der Waals surface area contributed by atoms with Crippen molar-refractivity contribution >= 4 is 0 Å². The van der Waals surface area contributed by atoms with Gasteiger partial charge < -0.3 is 15.8 Å². The summed E-state index contributed by atoms with van der Waals surface area (Å²) >= 11 is 0. The largest absolute Gasteiger partial charge is 0.403 e. The number of nitrogens with two attached hydrogens (primary N) is 1. The van der Waals surface area contributed by atoms with Gasteiger partial charge in [-0.1, -0.05) is 0 Å². The van der Waals surface area contributed by atoms with Gasteiger partial charge in [-0.3, -0.25) is 0 Å². The zero-order valence-electron chi connectivity index (χ0n) is 6.05. The van der Waals surface area contributed by atoms with Crippen molar-refractivity contribution in [1.82, 2.24) is 5.32 Å². The molecule has 1 fully saturated rings. The van der Waals surface area contributed by atoms with Gasteiger partial charge in [0.2, 0.25) is 0 Å². The molecule has 0 saturated carbocycles. The monoisotopic (exact) mass is 142 g/mol. The fourth-order valence-electron chi connectivity index (χ4n) is 1.06. The quantitative estimate of drug-likeness (QED) is 0.578. The number of rotatable bonds is 2. The lowest BCUT2D eigenvalue weighted by Gasteiger charge is -2.21. The van der Waals surface area contributed by atoms with E-state index in [1.54, 1.807) is 6.20 Å². The van der Waals surface area contributed by atoms with Crippen LogP contribution < -0.4 is 11.1 Å². The van der Waals surface area contributed by atoms with Gasteiger partial charge >= 0.3 is 0 Å². The highest BCUT2D eigenvalue weighted by Gasteiger charge is 2.10. The second kappa shape index (κ2) is 4.17. The van der Waals surface area contributed by atoms with Gasteiger partial charge in [-0.15, -0.1) is 0 Å². The van der Waals surface area contributed by atoms with E-state index in [0.29, 0.717) is 6.04 Å². The van der Waals surface area contributed by atoms with Crippen LogP contribution in [0.2, 0.25) is 0 Å². The molecule has 0 amide bonds. The average Bonchev–Trinajstić information content (AvgIpc) is 2.03. The molecule has 0 atom stereocenters. The molecule has 1 saturated heterocycles. The second-order valence-corrected chi connectivity index (χ2v) is 2.41. The van der Waals surface area contributed by atoms with E-state index in [2.05, 4.69) is 5.32 Å². The lowest BCUT2D eigenvalue weighted by atomic mass is 10.1. The SMILES string of the molecule is N/C=C/NC1CCOCC1. The highest BCUT2D eigenvalue weighted by Crippen LogP contribution is 2.05. The Hall–Kier alpha value is -0.700. The predicted molar refractivity (Wildman–Crippen MR) is 40.3 cm³/mol. The van der Waals surface area contributed by atoms with Crippen LogP contribution in [0.25, 0.3) is 0 Å². The maximum absolute atomic E-state index is 5.18. The smallest absolute Gasteiger partial charge is 0.0485 e. The lowest BCUT2D eigenvalue weighted by Crippen LogP contribution is -2.31. The average molecular weight is 142 g/mol. The first-order valence-electron chi connectivity index (χ1n) is 3.64. The van der Waals surface area contributed by atoms with Crippen LogP contribution in [0.15, 0.2) is 12.4 Å². The molecular formula is C7H14N2O. The zero-order chi connectivity index (χ0) is 7.23. The molecule has 58 valence electrons. The minimum Gasteiger partial charge on any atom is -0.403 e. The van der Waals surface area contributed by atoms with Crippen LogP contribution in [0.5, 0.6) is 0 Å². The van der Waals surface area contributed by atoms with Gasteiger partial charge in [0, 0.05) is 31.7 Å². The minimum atomic E-state index is 0.563. The molecule has 0 spiro atoms. The van der Waals surface area contributed by atoms with Crippen molar-refractivity contribution in [2.45, 2.75) is 18.9 Å². The molecule has 0 unspecified atom stereocenters. The maximum Gasteiger partial charge on any atom is 0.0485 e. The summed E-state index contributed by atoms with van der Waals surface area (Å²) in [5, 5.41) is 3.19. The summed E-state index contributed by atoms with van der Waals surface area (Å²) in [4.78, 5) is 0. The summed E-state index contributed by atoms with van der Waals surface area (Å²) in [5.74, 6) is 0. The number of nitrogens with one attached hydrogen (secondary N) is 1. The van der Waals surface area contributed by atoms with E-state index in [1.807, 2.05) is 0 Å². The van der Waals surface area contributed by atoms with Crippen molar-refractivity contribution in [3.05, 3.63) is 12.4 Å². The van der Waals surface area contributed by atoms with Gasteiger partial charge in [-0.2, -0.15) is 0 Å². The van der Waals surface area contributed by atoms with Crippen LogP contribution in [-0.4, -0.2) is 19.3 Å². The summed E-state index contributed by atoms with van der Waals surface area (Å²) in [6.07, 6.45) is 5.49. The Morgan fingerprint density at radius 3 is 2.70 bits per heavy atom. The molecule has 3 N–H and O–H groups in total. The van der Waals surface area contributed by atoms with Crippen molar-refractivity contribution in [2.24, 2.45) is 5.73 Å². The molecule has 0 aromatic rings. The molecule has 1 rings (SSSR count). The predicted octanol–water partition coefficient (Wildman–Crippen LogP) is 0.185. The van der Waals surface area contributed by atoms with Crippen molar-refractivity contribution in [3.8, 4) is 0 Å². The van der Waals surface area contributed by atoms with Crippen molar-refractivity contribution in [3.63, 3.8) is 0 Å². The van der Waals surface area contributed by atoms with Crippen molar-refractivity contribution in [1.29, 1.82) is 0 Å². The Bertz CT molecular complexity index is 108. The first-order valence-corrected chi connectivity index (χ1v) is 3.64. The molecule has 0 bridgehead atoms. The number of ether oxygens (including phenoxy) is 1. The molecule has 1 aliphatic rings. The molecule has 1 aliphatic heterocycles. The van der Waals surface area contributed by atoms with Crippen molar-refractivity contribution < 1.29 is 4.74 Å². The lowest BCUT2D eigenvalue weighted by molar-refractivity contribution is 0.0812. The summed E-state index contributed by atoms with van der Waals surface area (Å²) in [7, 11) is 0. The van der Waals surface area contributed by atoms with Gasteiger partial charge in [0.25, 0.3) is 0 Å². The standard InChI is InChI=1S/C7H14N2O/c8-3-4-9-7-1-5-10-6-2-7/h3-4,7,9H,1-2,5-6,8H2/b4-3+. The summed E-state index contributed by atoms with van der Waals surface area (Å²) in [5.41, 5.74) is 5.17. The molecule has 10 heavy (non-hydrogen) atoms. The Morgan fingerprint density at radius 2 is 2.10 bits per heavy atom. The third kappa shape index (κ3) is 2.27. The molecule has 1 heterocycles. The van der Waals surface area contributed by atoms with E-state index in [1.165, 1.54) is 6.20 Å². The fourth-order valence-corrected chi connectivity index (χ4v) is 1.06. The van der Waals surface area contributed by atoms with Crippen LogP contribution in [0, 0.1) is 0 Å². The van der Waals surface area contributed by atoms with Gasteiger partial charge in [0.1, 0.15) is 0 Å². The molecule has 0 aromatic carbocycles. The third-order valence-corrected chi connectivity index (χ3v) is 1.65. The van der Waals surface area contributed by atoms with Crippen LogP contribution in [0.3, 0.4) is 0 Å². The molecule has 3 nitrogen and oxygen atoms in total. The Morgan fingerprint density at radius 1 is 1.40 bits per heavy atom. The first kappa shape index (κ1) is 7.41. The molecule has 3 heteroatoms. The van der Waals surface area contributed by atoms with Crippen LogP contribution in [0.4, 0.5) is 0 Å². The molecule has 0 radical (unpaired) electrons. The van der Waals surface area contributed by atoms with Crippen LogP contribution in [-0.2, 0) is 4.74 Å². The molecule has 0 aliphatic carbocycles. The fraction of sp³-hybridized carbons (Fsp3) is 0.714. The highest BCUT2D eigenvalue weighted by molar-refractivity contribution is 4.80. The van der Waals surface area contributed by atoms with Gasteiger partial charge in [0.05, 0.1) is 0 Å². The topological polar surface area (TPSA) is 47.3 Å². The molecule has 0 aromatic heterocycles. The molecular weight excluding hydrogens is 128 g/mol. The number of hydrogen-bond donors (Lipinski definition) is 2. The second-order valence-electron chi connectivity index (χ2n) is 2.41. The van der Waals surface area contributed by atoms with Crippen molar-refractivity contribution in [2.75, 3.05) is 13.2 Å². The first-order chi connectivity index (χ1) is 4.93. The van der Waals surface area contributed by atoms with E-state index in [9.17, 15) is 0 Å². The Labute approximate surface area is 61.2 Å². The Kier molecular flexibility index (Phi) is 3.09. The number of hydrogen-bond acceptors (Lipinski definition) is 3. The maximum atomic E-state index is 5.18.